The maximum Gasteiger partial charge on any atom is 0.323 e. The first-order valence-corrected chi connectivity index (χ1v) is 7.03. The van der Waals surface area contributed by atoms with Gasteiger partial charge in [0.05, 0.1) is 0 Å². The van der Waals surface area contributed by atoms with Crippen molar-refractivity contribution in [3.63, 3.8) is 0 Å². The fourth-order valence-electron chi connectivity index (χ4n) is 2.16. The molecule has 1 fully saturated rings. The quantitative estimate of drug-likeness (QED) is 0.933. The molecule has 3 rings (SSSR count). The van der Waals surface area contributed by atoms with Crippen LogP contribution in [0.2, 0.25) is 0 Å². The van der Waals surface area contributed by atoms with E-state index >= 15 is 0 Å². The number of rotatable bonds is 4. The Bertz CT molecular complexity index is 645. The molecule has 19 heavy (non-hydrogen) atoms. The highest BCUT2D eigenvalue weighted by Crippen LogP contribution is 2.29. The number of fused-ring (bicyclic) bond motifs is 1. The minimum Gasteiger partial charge on any atom is -0.480 e. The van der Waals surface area contributed by atoms with Crippen LogP contribution in [-0.4, -0.2) is 34.5 Å². The number of carboxylic acid groups (broad SMARTS) is 1. The normalized spacial score (nSPS) is 14.5. The molecule has 0 atom stereocenters. The van der Waals surface area contributed by atoms with Crippen LogP contribution in [0.4, 0.5) is 0 Å². The first kappa shape index (κ1) is 12.2. The van der Waals surface area contributed by atoms with E-state index in [0.29, 0.717) is 5.56 Å². The maximum absolute atomic E-state index is 12.4. The third kappa shape index (κ3) is 2.46. The molecule has 0 spiro atoms. The maximum atomic E-state index is 12.4. The molecule has 0 aliphatic heterocycles. The minimum absolute atomic E-state index is 0.0989. The van der Waals surface area contributed by atoms with Gasteiger partial charge in [0.25, 0.3) is 5.91 Å². The van der Waals surface area contributed by atoms with E-state index in [-0.39, 0.29) is 18.5 Å². The third-order valence-electron chi connectivity index (χ3n) is 3.25. The molecule has 0 radical (unpaired) electrons. The summed E-state index contributed by atoms with van der Waals surface area (Å²) in [5.74, 6) is -1.14. The van der Waals surface area contributed by atoms with Crippen molar-refractivity contribution in [3.8, 4) is 0 Å². The number of hydrogen-bond acceptors (Lipinski definition) is 3. The molecule has 1 amide bonds. The van der Waals surface area contributed by atoms with Gasteiger partial charge in [0.15, 0.2) is 0 Å². The lowest BCUT2D eigenvalue weighted by Gasteiger charge is -2.20. The van der Waals surface area contributed by atoms with Gasteiger partial charge in [-0.3, -0.25) is 9.59 Å². The Labute approximate surface area is 114 Å². The molecule has 1 aromatic carbocycles. The van der Waals surface area contributed by atoms with E-state index in [9.17, 15) is 9.59 Å². The summed E-state index contributed by atoms with van der Waals surface area (Å²) < 4.78 is 1.13. The molecule has 0 unspecified atom stereocenters. The Kier molecular flexibility index (Phi) is 2.98. The lowest BCUT2D eigenvalue weighted by atomic mass is 10.1. The Hall–Kier alpha value is -1.88. The molecular formula is C14H13NO3S. The van der Waals surface area contributed by atoms with Gasteiger partial charge < -0.3 is 10.0 Å². The molecule has 4 nitrogen and oxygen atoms in total. The van der Waals surface area contributed by atoms with E-state index in [2.05, 4.69) is 0 Å². The molecule has 1 aliphatic rings. The van der Waals surface area contributed by atoms with Gasteiger partial charge in [-0.15, -0.1) is 11.3 Å². The van der Waals surface area contributed by atoms with Crippen LogP contribution >= 0.6 is 11.3 Å². The Morgan fingerprint density at radius 2 is 2.11 bits per heavy atom. The van der Waals surface area contributed by atoms with Gasteiger partial charge in [0, 0.05) is 16.3 Å². The van der Waals surface area contributed by atoms with E-state index in [0.717, 1.165) is 22.9 Å². The van der Waals surface area contributed by atoms with E-state index in [1.807, 2.05) is 23.6 Å². The molecule has 98 valence electrons. The number of hydrogen-bond donors (Lipinski definition) is 1. The summed E-state index contributed by atoms with van der Waals surface area (Å²) in [6, 6.07) is 7.60. The van der Waals surface area contributed by atoms with E-state index < -0.39 is 5.97 Å². The fourth-order valence-corrected chi connectivity index (χ4v) is 2.94. The first-order valence-electron chi connectivity index (χ1n) is 6.15. The molecule has 0 bridgehead atoms. The highest BCUT2D eigenvalue weighted by molar-refractivity contribution is 7.17. The average Bonchev–Trinajstić information content (AvgIpc) is 3.12. The van der Waals surface area contributed by atoms with Crippen LogP contribution in [-0.2, 0) is 4.79 Å². The molecular weight excluding hydrogens is 262 g/mol. The molecule has 5 heteroatoms. The SMILES string of the molecule is O=C(O)CN(C(=O)c1ccc2sccc2c1)C1CC1. The zero-order valence-corrected chi connectivity index (χ0v) is 11.0. The van der Waals surface area contributed by atoms with Crippen molar-refractivity contribution in [1.29, 1.82) is 0 Å². The van der Waals surface area contributed by atoms with Crippen molar-refractivity contribution in [2.24, 2.45) is 0 Å². The summed E-state index contributed by atoms with van der Waals surface area (Å²) in [5, 5.41) is 11.9. The van der Waals surface area contributed by atoms with Crippen LogP contribution in [0.15, 0.2) is 29.6 Å². The van der Waals surface area contributed by atoms with E-state index in [1.165, 1.54) is 4.90 Å². The van der Waals surface area contributed by atoms with Crippen LogP contribution in [0, 0.1) is 0 Å². The van der Waals surface area contributed by atoms with Crippen LogP contribution < -0.4 is 0 Å². The van der Waals surface area contributed by atoms with Gasteiger partial charge in [-0.05, 0) is 47.9 Å². The molecule has 1 aliphatic carbocycles. The van der Waals surface area contributed by atoms with Crippen molar-refractivity contribution in [2.75, 3.05) is 6.54 Å². The highest BCUT2D eigenvalue weighted by atomic mass is 32.1. The van der Waals surface area contributed by atoms with Crippen LogP contribution in [0.3, 0.4) is 0 Å². The number of benzene rings is 1. The van der Waals surface area contributed by atoms with Crippen LogP contribution in [0.5, 0.6) is 0 Å². The summed E-state index contributed by atoms with van der Waals surface area (Å²) in [6.07, 6.45) is 1.80. The van der Waals surface area contributed by atoms with Gasteiger partial charge in [0.1, 0.15) is 6.54 Å². The second kappa shape index (κ2) is 4.66. The molecule has 2 aromatic rings. The number of amides is 1. The highest BCUT2D eigenvalue weighted by Gasteiger charge is 2.34. The summed E-state index contributed by atoms with van der Waals surface area (Å²) >= 11 is 1.63. The van der Waals surface area contributed by atoms with Crippen molar-refractivity contribution in [2.45, 2.75) is 18.9 Å². The van der Waals surface area contributed by atoms with Crippen LogP contribution in [0.1, 0.15) is 23.2 Å². The van der Waals surface area contributed by atoms with E-state index in [4.69, 9.17) is 5.11 Å². The second-order valence-electron chi connectivity index (χ2n) is 4.73. The first-order chi connectivity index (χ1) is 9.15. The van der Waals surface area contributed by atoms with Crippen LogP contribution in [0.25, 0.3) is 10.1 Å². The van der Waals surface area contributed by atoms with Crippen molar-refractivity contribution in [1.82, 2.24) is 4.90 Å². The number of carbonyl (C=O) groups is 2. The molecule has 1 aromatic heterocycles. The molecule has 1 heterocycles. The van der Waals surface area contributed by atoms with Crippen molar-refractivity contribution in [3.05, 3.63) is 35.2 Å². The predicted molar refractivity (Wildman–Crippen MR) is 73.5 cm³/mol. The van der Waals surface area contributed by atoms with Gasteiger partial charge in [-0.1, -0.05) is 0 Å². The Morgan fingerprint density at radius 3 is 2.79 bits per heavy atom. The third-order valence-corrected chi connectivity index (χ3v) is 4.15. The lowest BCUT2D eigenvalue weighted by molar-refractivity contribution is -0.137. The summed E-state index contributed by atoms with van der Waals surface area (Å²) in [5.41, 5.74) is 0.569. The molecule has 1 N–H and O–H groups in total. The minimum atomic E-state index is -0.961. The van der Waals surface area contributed by atoms with E-state index in [1.54, 1.807) is 17.4 Å². The number of thiophene rings is 1. The number of aliphatic carboxylic acids is 1. The standard InChI is InChI=1S/C14H13NO3S/c16-13(17)8-15(11-2-3-11)14(18)10-1-4-12-9(7-10)5-6-19-12/h1,4-7,11H,2-3,8H2,(H,16,17). The topological polar surface area (TPSA) is 57.6 Å². The lowest BCUT2D eigenvalue weighted by Crippen LogP contribution is -2.37. The van der Waals surface area contributed by atoms with Gasteiger partial charge in [-0.2, -0.15) is 0 Å². The zero-order valence-electron chi connectivity index (χ0n) is 10.2. The Morgan fingerprint density at radius 1 is 1.32 bits per heavy atom. The van der Waals surface area contributed by atoms with Crippen molar-refractivity contribution < 1.29 is 14.7 Å². The predicted octanol–water partition coefficient (Wildman–Crippen LogP) is 2.59. The van der Waals surface area contributed by atoms with Gasteiger partial charge in [0.2, 0.25) is 0 Å². The number of carbonyl (C=O) groups excluding carboxylic acids is 1. The Balaban J connectivity index is 1.89. The summed E-state index contributed by atoms with van der Waals surface area (Å²) in [4.78, 5) is 24.7. The zero-order chi connectivity index (χ0) is 13.4. The second-order valence-corrected chi connectivity index (χ2v) is 5.68. The molecule has 1 saturated carbocycles. The summed E-state index contributed by atoms with van der Waals surface area (Å²) in [6.45, 7) is -0.217. The van der Waals surface area contributed by atoms with Gasteiger partial charge >= 0.3 is 5.97 Å². The van der Waals surface area contributed by atoms with Crippen molar-refractivity contribution >= 4 is 33.3 Å². The largest absolute Gasteiger partial charge is 0.480 e. The fraction of sp³-hybridized carbons (Fsp3) is 0.286. The summed E-state index contributed by atoms with van der Waals surface area (Å²) in [7, 11) is 0. The average molecular weight is 275 g/mol. The number of nitrogens with zero attached hydrogens (tertiary/aromatic N) is 1. The molecule has 0 saturated heterocycles. The smallest absolute Gasteiger partial charge is 0.323 e. The van der Waals surface area contributed by atoms with Gasteiger partial charge in [-0.25, -0.2) is 0 Å². The monoisotopic (exact) mass is 275 g/mol. The number of carboxylic acids is 1.